The molecule has 2 aliphatic rings. The molecule has 0 aliphatic heterocycles. The van der Waals surface area contributed by atoms with E-state index in [1.165, 1.54) is 0 Å². The Kier molecular flexibility index (Phi) is 4.93. The number of ketones is 1. The van der Waals surface area contributed by atoms with Crippen molar-refractivity contribution in [1.82, 2.24) is 0 Å². The van der Waals surface area contributed by atoms with Crippen LogP contribution in [0.2, 0.25) is 0 Å². The largest absolute Gasteiger partial charge is 0.501 e. The predicted molar refractivity (Wildman–Crippen MR) is 92.0 cm³/mol. The van der Waals surface area contributed by atoms with Gasteiger partial charge in [0.15, 0.2) is 5.78 Å². The van der Waals surface area contributed by atoms with Gasteiger partial charge >= 0.3 is 0 Å². The summed E-state index contributed by atoms with van der Waals surface area (Å²) >= 11 is 0. The summed E-state index contributed by atoms with van der Waals surface area (Å²) in [6.07, 6.45) is 7.31. The second-order valence-electron chi connectivity index (χ2n) is 6.31. The fourth-order valence-corrected chi connectivity index (χ4v) is 3.77. The molecule has 2 atom stereocenters. The Morgan fingerprint density at radius 2 is 1.83 bits per heavy atom. The highest BCUT2D eigenvalue weighted by Gasteiger charge is 2.36. The third-order valence-electron chi connectivity index (χ3n) is 5.08. The molecule has 0 heterocycles. The van der Waals surface area contributed by atoms with Gasteiger partial charge in [0.1, 0.15) is 5.75 Å². The summed E-state index contributed by atoms with van der Waals surface area (Å²) in [5.41, 5.74) is 1.91. The van der Waals surface area contributed by atoms with Gasteiger partial charge in [-0.3, -0.25) is 4.79 Å². The number of Topliss-reactive ketones (excluding diaryl/α,β-unsaturated/α-hetero) is 1. The van der Waals surface area contributed by atoms with E-state index in [1.54, 1.807) is 21.3 Å². The molecular weight excluding hydrogens is 304 g/mol. The lowest BCUT2D eigenvalue weighted by molar-refractivity contribution is 0.0827. The summed E-state index contributed by atoms with van der Waals surface area (Å²) in [7, 11) is 4.99. The van der Waals surface area contributed by atoms with Crippen LogP contribution in [0.3, 0.4) is 0 Å². The second-order valence-corrected chi connectivity index (χ2v) is 6.31. The van der Waals surface area contributed by atoms with Crippen LogP contribution in [-0.2, 0) is 15.9 Å². The zero-order valence-corrected chi connectivity index (χ0v) is 14.5. The Bertz CT molecular complexity index is 687. The average molecular weight is 328 g/mol. The molecule has 128 valence electrons. The monoisotopic (exact) mass is 328 g/mol. The van der Waals surface area contributed by atoms with Crippen molar-refractivity contribution in [3.05, 3.63) is 53.0 Å². The highest BCUT2D eigenvalue weighted by Crippen LogP contribution is 2.39. The summed E-state index contributed by atoms with van der Waals surface area (Å²) in [6.45, 7) is 0. The Hall–Kier alpha value is -2.23. The number of methoxy groups -OCH3 is 3. The molecule has 4 nitrogen and oxygen atoms in total. The zero-order chi connectivity index (χ0) is 17.1. The molecule has 0 aromatic heterocycles. The van der Waals surface area contributed by atoms with Crippen molar-refractivity contribution in [2.45, 2.75) is 25.7 Å². The standard InChI is InChI=1S/C20H24O4/c1-22-14-7-9-16-13(11-14)5-4-6-17(20(16)21)18-12-15(23-2)8-10-19(18)24-3/h7-11,17-18H,4-6,12H2,1-3H3. The Morgan fingerprint density at radius 1 is 1.00 bits per heavy atom. The molecule has 0 N–H and O–H groups in total. The Morgan fingerprint density at radius 3 is 2.54 bits per heavy atom. The molecular formula is C20H24O4. The molecule has 24 heavy (non-hydrogen) atoms. The summed E-state index contributed by atoms with van der Waals surface area (Å²) in [5.74, 6) is 2.73. The molecule has 0 saturated heterocycles. The van der Waals surface area contributed by atoms with Crippen molar-refractivity contribution in [2.24, 2.45) is 11.8 Å². The van der Waals surface area contributed by atoms with E-state index in [9.17, 15) is 4.79 Å². The van der Waals surface area contributed by atoms with E-state index in [2.05, 4.69) is 0 Å². The molecule has 2 aliphatic carbocycles. The van der Waals surface area contributed by atoms with Crippen LogP contribution < -0.4 is 4.74 Å². The summed E-state index contributed by atoms with van der Waals surface area (Å²) < 4.78 is 16.3. The summed E-state index contributed by atoms with van der Waals surface area (Å²) in [4.78, 5) is 13.2. The molecule has 2 unspecified atom stereocenters. The lowest BCUT2D eigenvalue weighted by atomic mass is 9.78. The number of benzene rings is 1. The van der Waals surface area contributed by atoms with Crippen molar-refractivity contribution < 1.29 is 19.0 Å². The lowest BCUT2D eigenvalue weighted by Gasteiger charge is -2.29. The first kappa shape index (κ1) is 16.6. The number of allylic oxidation sites excluding steroid dienone is 4. The Balaban J connectivity index is 1.92. The molecule has 1 aromatic carbocycles. The van der Waals surface area contributed by atoms with Crippen molar-refractivity contribution in [1.29, 1.82) is 0 Å². The van der Waals surface area contributed by atoms with Crippen LogP contribution in [0.4, 0.5) is 0 Å². The number of ether oxygens (including phenoxy) is 3. The van der Waals surface area contributed by atoms with Crippen molar-refractivity contribution in [2.75, 3.05) is 21.3 Å². The first-order valence-corrected chi connectivity index (χ1v) is 8.37. The zero-order valence-electron chi connectivity index (χ0n) is 14.5. The smallest absolute Gasteiger partial charge is 0.166 e. The van der Waals surface area contributed by atoms with Crippen LogP contribution in [0.15, 0.2) is 41.9 Å². The quantitative estimate of drug-likeness (QED) is 0.786. The van der Waals surface area contributed by atoms with E-state index in [0.717, 1.165) is 47.7 Å². The molecule has 0 saturated carbocycles. The number of hydrogen-bond donors (Lipinski definition) is 0. The SMILES string of the molecule is COC1=CC=C(OC)C(C2CCCc3cc(OC)ccc3C2=O)C1. The molecule has 3 rings (SSSR count). The number of hydrogen-bond acceptors (Lipinski definition) is 4. The molecule has 0 spiro atoms. The minimum absolute atomic E-state index is 0.0375. The molecule has 0 radical (unpaired) electrons. The van der Waals surface area contributed by atoms with Crippen LogP contribution >= 0.6 is 0 Å². The second kappa shape index (κ2) is 7.12. The van der Waals surface area contributed by atoms with Crippen molar-refractivity contribution >= 4 is 5.78 Å². The minimum atomic E-state index is -0.0790. The highest BCUT2D eigenvalue weighted by atomic mass is 16.5. The number of aryl methyl sites for hydroxylation is 1. The first-order chi connectivity index (χ1) is 11.7. The predicted octanol–water partition coefficient (Wildman–Crippen LogP) is 3.91. The van der Waals surface area contributed by atoms with Gasteiger partial charge in [-0.2, -0.15) is 0 Å². The first-order valence-electron chi connectivity index (χ1n) is 8.37. The van der Waals surface area contributed by atoms with Gasteiger partial charge < -0.3 is 14.2 Å². The van der Waals surface area contributed by atoms with Gasteiger partial charge in [-0.05, 0) is 55.2 Å². The van der Waals surface area contributed by atoms with Crippen LogP contribution in [0.1, 0.15) is 35.2 Å². The third-order valence-corrected chi connectivity index (χ3v) is 5.08. The maximum Gasteiger partial charge on any atom is 0.166 e. The van der Waals surface area contributed by atoms with Crippen LogP contribution in [0.5, 0.6) is 5.75 Å². The molecule has 0 amide bonds. The van der Waals surface area contributed by atoms with E-state index < -0.39 is 0 Å². The maximum atomic E-state index is 13.2. The summed E-state index contributed by atoms with van der Waals surface area (Å²) in [5, 5.41) is 0. The van der Waals surface area contributed by atoms with Gasteiger partial charge in [0.2, 0.25) is 0 Å². The van der Waals surface area contributed by atoms with Crippen LogP contribution in [-0.4, -0.2) is 27.1 Å². The summed E-state index contributed by atoms with van der Waals surface area (Å²) in [6, 6.07) is 5.76. The van der Waals surface area contributed by atoms with Crippen molar-refractivity contribution in [3.63, 3.8) is 0 Å². The van der Waals surface area contributed by atoms with Crippen LogP contribution in [0.25, 0.3) is 0 Å². The van der Waals surface area contributed by atoms with Gasteiger partial charge in [0, 0.05) is 23.8 Å². The lowest BCUT2D eigenvalue weighted by Crippen LogP contribution is -2.27. The van der Waals surface area contributed by atoms with E-state index >= 15 is 0 Å². The molecule has 0 fully saturated rings. The van der Waals surface area contributed by atoms with E-state index in [0.29, 0.717) is 6.42 Å². The maximum absolute atomic E-state index is 13.2. The van der Waals surface area contributed by atoms with Gasteiger partial charge in [0.25, 0.3) is 0 Å². The minimum Gasteiger partial charge on any atom is -0.501 e. The van der Waals surface area contributed by atoms with Gasteiger partial charge in [0.05, 0.1) is 32.8 Å². The van der Waals surface area contributed by atoms with Gasteiger partial charge in [-0.1, -0.05) is 0 Å². The number of rotatable bonds is 4. The van der Waals surface area contributed by atoms with Gasteiger partial charge in [-0.15, -0.1) is 0 Å². The highest BCUT2D eigenvalue weighted by molar-refractivity contribution is 6.00. The van der Waals surface area contributed by atoms with Gasteiger partial charge in [-0.25, -0.2) is 0 Å². The number of carbonyl (C=O) groups excluding carboxylic acids is 1. The number of carbonyl (C=O) groups is 1. The topological polar surface area (TPSA) is 44.8 Å². The van der Waals surface area contributed by atoms with E-state index in [-0.39, 0.29) is 17.6 Å². The normalized spacial score (nSPS) is 23.5. The fourth-order valence-electron chi connectivity index (χ4n) is 3.77. The van der Waals surface area contributed by atoms with E-state index in [4.69, 9.17) is 14.2 Å². The third kappa shape index (κ3) is 3.05. The molecule has 4 heteroatoms. The Labute approximate surface area is 143 Å². The average Bonchev–Trinajstić information content (AvgIpc) is 2.79. The number of fused-ring (bicyclic) bond motifs is 1. The molecule has 1 aromatic rings. The molecule has 0 bridgehead atoms. The van der Waals surface area contributed by atoms with Crippen LogP contribution in [0, 0.1) is 11.8 Å². The van der Waals surface area contributed by atoms with Crippen molar-refractivity contribution in [3.8, 4) is 5.75 Å². The van der Waals surface area contributed by atoms with E-state index in [1.807, 2.05) is 30.4 Å². The fraction of sp³-hybridized carbons (Fsp3) is 0.450.